The van der Waals surface area contributed by atoms with Gasteiger partial charge in [0, 0.05) is 30.5 Å². The van der Waals surface area contributed by atoms with Gasteiger partial charge in [-0.05, 0) is 89.6 Å². The van der Waals surface area contributed by atoms with E-state index in [2.05, 4.69) is 62.2 Å². The number of aliphatic hydroxyl groups excluding tert-OH is 1. The predicted molar refractivity (Wildman–Crippen MR) is 173 cm³/mol. The number of rotatable bonds is 16. The number of nitrogens with one attached hydrogen (secondary N) is 2. The molecule has 0 spiro atoms. The standard InChI is InChI=1S/C30H44N4O4S3/c1-20(2)33-41-19-25(26-12-13-27(40-26)28(31)36)34(29(41)39-18-23(35)16-32-30(3,4)5)38-24-10-8-21(9-11-24)14-15-37-17-22-6-7-22/h8-13,19-20,22-23,29,32-33,35H,6-7,14-18H2,1-5H3,(H-,31,36)/p+1. The van der Waals surface area contributed by atoms with Crippen LogP contribution in [0.5, 0.6) is 5.75 Å². The summed E-state index contributed by atoms with van der Waals surface area (Å²) in [4.78, 5) is 19.8. The third-order valence-corrected chi connectivity index (χ3v) is 11.4. The fraction of sp³-hybridized carbons (Fsp3) is 0.567. The summed E-state index contributed by atoms with van der Waals surface area (Å²) in [5, 5.41) is 18.3. The van der Waals surface area contributed by atoms with Crippen LogP contribution >= 0.6 is 23.1 Å². The van der Waals surface area contributed by atoms with E-state index in [1.807, 2.05) is 23.3 Å². The minimum atomic E-state index is -0.515. The summed E-state index contributed by atoms with van der Waals surface area (Å²) in [6, 6.07) is 12.1. The minimum Gasteiger partial charge on any atom is -0.391 e. The molecule has 3 atom stereocenters. The normalized spacial score (nSPS) is 20.0. The summed E-state index contributed by atoms with van der Waals surface area (Å²) in [7, 11) is 0. The molecule has 1 aromatic carbocycles. The summed E-state index contributed by atoms with van der Waals surface area (Å²) in [5.74, 6) is 1.59. The summed E-state index contributed by atoms with van der Waals surface area (Å²) in [6.45, 7) is 12.6. The van der Waals surface area contributed by atoms with Gasteiger partial charge in [-0.1, -0.05) is 23.9 Å². The van der Waals surface area contributed by atoms with Gasteiger partial charge in [0.05, 0.1) is 22.5 Å². The molecule has 2 aromatic rings. The van der Waals surface area contributed by atoms with E-state index in [4.69, 9.17) is 15.3 Å². The summed E-state index contributed by atoms with van der Waals surface area (Å²) in [6.07, 6.45) is 2.95. The number of ether oxygens (including phenoxy) is 1. The molecule has 1 fully saturated rings. The van der Waals surface area contributed by atoms with Crippen molar-refractivity contribution < 1.29 is 19.5 Å². The zero-order valence-electron chi connectivity index (χ0n) is 24.7. The van der Waals surface area contributed by atoms with Gasteiger partial charge < -0.3 is 25.7 Å². The van der Waals surface area contributed by atoms with Crippen molar-refractivity contribution in [3.8, 4) is 5.75 Å². The van der Waals surface area contributed by atoms with Gasteiger partial charge in [0.15, 0.2) is 11.2 Å². The van der Waals surface area contributed by atoms with E-state index in [1.165, 1.54) is 29.7 Å². The molecule has 4 rings (SSSR count). The molecule has 3 unspecified atom stereocenters. The van der Waals surface area contributed by atoms with Crippen LogP contribution in [0, 0.1) is 5.92 Å². The third kappa shape index (κ3) is 10.2. The molecule has 2 aliphatic rings. The Labute approximate surface area is 255 Å². The van der Waals surface area contributed by atoms with Crippen LogP contribution in [0.25, 0.3) is 5.70 Å². The van der Waals surface area contributed by atoms with Crippen molar-refractivity contribution in [3.63, 3.8) is 0 Å². The number of primary amides is 1. The van der Waals surface area contributed by atoms with Crippen molar-refractivity contribution in [2.75, 3.05) is 25.5 Å². The number of thioether (sulfide) groups is 1. The molecule has 5 N–H and O–H groups in total. The van der Waals surface area contributed by atoms with Crippen LogP contribution < -0.4 is 20.6 Å². The maximum atomic E-state index is 11.9. The molecule has 1 saturated carbocycles. The van der Waals surface area contributed by atoms with Gasteiger partial charge in [0.1, 0.15) is 16.8 Å². The molecule has 226 valence electrons. The van der Waals surface area contributed by atoms with E-state index >= 15 is 0 Å². The topological polar surface area (TPSA) is 109 Å². The average Bonchev–Trinajstić information content (AvgIpc) is 3.49. The van der Waals surface area contributed by atoms with Crippen LogP contribution in [0.15, 0.2) is 41.8 Å². The Morgan fingerprint density at radius 2 is 1.95 bits per heavy atom. The van der Waals surface area contributed by atoms with E-state index in [0.29, 0.717) is 17.2 Å². The largest absolute Gasteiger partial charge is 0.391 e. The zero-order chi connectivity index (χ0) is 29.6. The fourth-order valence-electron chi connectivity index (χ4n) is 4.05. The van der Waals surface area contributed by atoms with Crippen molar-refractivity contribution in [1.29, 1.82) is 0 Å². The van der Waals surface area contributed by atoms with Gasteiger partial charge in [0.25, 0.3) is 10.6 Å². The van der Waals surface area contributed by atoms with Crippen LogP contribution in [0.2, 0.25) is 0 Å². The number of β-amino-alcohol motifs (C(OH)–C–C–N with tert-alkyl or cyclic N) is 1. The Morgan fingerprint density at radius 1 is 1.22 bits per heavy atom. The summed E-state index contributed by atoms with van der Waals surface area (Å²) in [5.41, 5.74) is 7.59. The van der Waals surface area contributed by atoms with Crippen molar-refractivity contribution in [2.45, 2.75) is 76.3 Å². The number of amides is 1. The first-order chi connectivity index (χ1) is 19.5. The number of benzene rings is 1. The van der Waals surface area contributed by atoms with Crippen molar-refractivity contribution in [2.24, 2.45) is 11.7 Å². The van der Waals surface area contributed by atoms with Crippen LogP contribution in [0.4, 0.5) is 0 Å². The minimum absolute atomic E-state index is 0.0703. The molecule has 1 aliphatic heterocycles. The number of thiophene rings is 1. The number of nitrogens with two attached hydrogens (primary N) is 1. The highest BCUT2D eigenvalue weighted by Crippen LogP contribution is 2.41. The molecular formula is C30H45N4O4S3+. The first-order valence-corrected chi connectivity index (χ1v) is 17.5. The van der Waals surface area contributed by atoms with Crippen molar-refractivity contribution in [1.82, 2.24) is 15.1 Å². The van der Waals surface area contributed by atoms with Crippen LogP contribution in [-0.4, -0.2) is 64.0 Å². The van der Waals surface area contributed by atoms with E-state index < -0.39 is 12.0 Å². The zero-order valence-corrected chi connectivity index (χ0v) is 27.2. The Bertz CT molecular complexity index is 1160. The second-order valence-electron chi connectivity index (χ2n) is 11.9. The molecule has 0 radical (unpaired) electrons. The molecule has 0 bridgehead atoms. The second kappa shape index (κ2) is 14.6. The molecule has 8 nitrogen and oxygen atoms in total. The molecule has 1 aliphatic carbocycles. The number of hydroxylamine groups is 2. The highest BCUT2D eigenvalue weighted by atomic mass is 32.3. The number of hydrogen-bond donors (Lipinski definition) is 4. The monoisotopic (exact) mass is 621 g/mol. The number of aliphatic hydroxyl groups is 1. The van der Waals surface area contributed by atoms with Gasteiger partial charge in [-0.25, -0.2) is 0 Å². The third-order valence-electron chi connectivity index (χ3n) is 6.37. The first kappa shape index (κ1) is 32.2. The first-order valence-electron chi connectivity index (χ1n) is 14.3. The molecular weight excluding hydrogens is 577 g/mol. The van der Waals surface area contributed by atoms with Gasteiger partial charge in [-0.2, -0.15) is 0 Å². The molecule has 0 saturated heterocycles. The van der Waals surface area contributed by atoms with Gasteiger partial charge in [-0.15, -0.1) is 21.1 Å². The number of hydrogen-bond acceptors (Lipinski definition) is 9. The quantitative estimate of drug-likeness (QED) is 0.158. The lowest BCUT2D eigenvalue weighted by molar-refractivity contribution is 0.0199. The number of nitrogens with zero attached hydrogens (tertiary/aromatic N) is 1. The molecule has 41 heavy (non-hydrogen) atoms. The molecule has 11 heteroatoms. The number of carbonyl (C=O) groups excluding carboxylic acids is 1. The van der Waals surface area contributed by atoms with Gasteiger partial charge in [-0.3, -0.25) is 4.79 Å². The van der Waals surface area contributed by atoms with Gasteiger partial charge >= 0.3 is 0 Å². The summed E-state index contributed by atoms with van der Waals surface area (Å²) >= 11 is 2.64. The Morgan fingerprint density at radius 3 is 2.56 bits per heavy atom. The van der Waals surface area contributed by atoms with Crippen LogP contribution in [-0.2, 0) is 22.2 Å². The van der Waals surface area contributed by atoms with Crippen LogP contribution in [0.1, 0.15) is 67.6 Å². The Balaban J connectivity index is 1.50. The highest BCUT2D eigenvalue weighted by molar-refractivity contribution is 8.16. The van der Waals surface area contributed by atoms with E-state index in [-0.39, 0.29) is 27.4 Å². The fourth-order valence-corrected chi connectivity index (χ4v) is 8.62. The Kier molecular flexibility index (Phi) is 11.5. The molecule has 1 aromatic heterocycles. The smallest absolute Gasteiger partial charge is 0.293 e. The molecule has 2 heterocycles. The highest BCUT2D eigenvalue weighted by Gasteiger charge is 2.48. The Hall–Kier alpha value is -1.73. The lowest BCUT2D eigenvalue weighted by Gasteiger charge is -2.27. The lowest BCUT2D eigenvalue weighted by Crippen LogP contribution is -2.44. The maximum absolute atomic E-state index is 11.9. The maximum Gasteiger partial charge on any atom is 0.293 e. The van der Waals surface area contributed by atoms with Gasteiger partial charge in [0.2, 0.25) is 0 Å². The van der Waals surface area contributed by atoms with E-state index in [9.17, 15) is 9.90 Å². The van der Waals surface area contributed by atoms with Crippen molar-refractivity contribution >= 4 is 45.8 Å². The molecule has 1 amide bonds. The van der Waals surface area contributed by atoms with E-state index in [0.717, 1.165) is 41.9 Å². The lowest BCUT2D eigenvalue weighted by atomic mass is 10.1. The average molecular weight is 622 g/mol. The van der Waals surface area contributed by atoms with Crippen molar-refractivity contribution in [3.05, 3.63) is 57.1 Å². The predicted octanol–water partition coefficient (Wildman–Crippen LogP) is 4.72. The second-order valence-corrected chi connectivity index (χ2v) is 16.1. The van der Waals surface area contributed by atoms with Crippen LogP contribution in [0.3, 0.4) is 0 Å². The number of carbonyl (C=O) groups is 1. The van der Waals surface area contributed by atoms with E-state index in [1.54, 1.807) is 17.8 Å². The summed E-state index contributed by atoms with van der Waals surface area (Å²) < 4.78 is 9.37. The SMILES string of the molecule is CC(C)N[S+]1C=C(c2ccc(C(N)=O)s2)N(Oc2ccc(CCOCC3CC3)cc2)C1SCC(O)CNC(C)(C)C.